The van der Waals surface area contributed by atoms with Crippen molar-refractivity contribution >= 4 is 28.4 Å². The van der Waals surface area contributed by atoms with Gasteiger partial charge in [0, 0.05) is 30.1 Å². The SMILES string of the molecule is Cn1c(=O)cc(C(=O)NCc2ccc(Cl)cc2)c2ccccc21. The predicted octanol–water partition coefficient (Wildman–Crippen LogP) is 3.12. The molecular formula is C18H15ClN2O2. The van der Waals surface area contributed by atoms with Gasteiger partial charge in [-0.25, -0.2) is 0 Å². The summed E-state index contributed by atoms with van der Waals surface area (Å²) in [4.78, 5) is 24.5. The Balaban J connectivity index is 1.90. The van der Waals surface area contributed by atoms with Crippen LogP contribution in [0.1, 0.15) is 15.9 Å². The molecule has 1 heterocycles. The van der Waals surface area contributed by atoms with Crippen molar-refractivity contribution in [3.63, 3.8) is 0 Å². The number of amides is 1. The number of para-hydroxylation sites is 1. The summed E-state index contributed by atoms with van der Waals surface area (Å²) < 4.78 is 1.53. The van der Waals surface area contributed by atoms with Gasteiger partial charge >= 0.3 is 0 Å². The van der Waals surface area contributed by atoms with Crippen LogP contribution in [0.4, 0.5) is 0 Å². The largest absolute Gasteiger partial charge is 0.348 e. The van der Waals surface area contributed by atoms with Crippen LogP contribution in [0, 0.1) is 0 Å². The summed E-state index contributed by atoms with van der Waals surface area (Å²) in [5.41, 5.74) is 1.85. The fraction of sp³-hybridized carbons (Fsp3) is 0.111. The summed E-state index contributed by atoms with van der Waals surface area (Å²) >= 11 is 5.84. The summed E-state index contributed by atoms with van der Waals surface area (Å²) in [7, 11) is 1.69. The first-order valence-corrected chi connectivity index (χ1v) is 7.55. The summed E-state index contributed by atoms with van der Waals surface area (Å²) in [6.07, 6.45) is 0. The molecule has 3 aromatic rings. The van der Waals surface area contributed by atoms with Gasteiger partial charge < -0.3 is 9.88 Å². The molecular weight excluding hydrogens is 312 g/mol. The number of aryl methyl sites for hydroxylation is 1. The Morgan fingerprint density at radius 3 is 2.57 bits per heavy atom. The molecule has 1 N–H and O–H groups in total. The fourth-order valence-electron chi connectivity index (χ4n) is 2.48. The van der Waals surface area contributed by atoms with E-state index >= 15 is 0 Å². The Morgan fingerprint density at radius 1 is 1.13 bits per heavy atom. The quantitative estimate of drug-likeness (QED) is 0.804. The Morgan fingerprint density at radius 2 is 1.83 bits per heavy atom. The third-order valence-electron chi connectivity index (χ3n) is 3.76. The van der Waals surface area contributed by atoms with Crippen LogP contribution < -0.4 is 10.9 Å². The number of hydrogen-bond donors (Lipinski definition) is 1. The number of carbonyl (C=O) groups is 1. The van der Waals surface area contributed by atoms with Crippen LogP contribution in [0.15, 0.2) is 59.4 Å². The second-order valence-corrected chi connectivity index (χ2v) is 5.72. The maximum Gasteiger partial charge on any atom is 0.252 e. The highest BCUT2D eigenvalue weighted by molar-refractivity contribution is 6.30. The van der Waals surface area contributed by atoms with Crippen LogP contribution in [-0.2, 0) is 13.6 Å². The molecule has 116 valence electrons. The van der Waals surface area contributed by atoms with Gasteiger partial charge in [0.15, 0.2) is 0 Å². The van der Waals surface area contributed by atoms with Crippen molar-refractivity contribution in [1.82, 2.24) is 9.88 Å². The zero-order valence-electron chi connectivity index (χ0n) is 12.5. The first-order chi connectivity index (χ1) is 11.1. The summed E-state index contributed by atoms with van der Waals surface area (Å²) in [6, 6.07) is 16.0. The van der Waals surface area contributed by atoms with Gasteiger partial charge in [0.25, 0.3) is 11.5 Å². The molecule has 23 heavy (non-hydrogen) atoms. The molecule has 1 amide bonds. The standard InChI is InChI=1S/C18H15ClN2O2/c1-21-16-5-3-2-4-14(16)15(10-17(21)22)18(23)20-11-12-6-8-13(19)9-7-12/h2-10H,11H2,1H3,(H,20,23). The van der Waals surface area contributed by atoms with Crippen LogP contribution in [0.25, 0.3) is 10.9 Å². The first kappa shape index (κ1) is 15.3. The lowest BCUT2D eigenvalue weighted by molar-refractivity contribution is 0.0952. The highest BCUT2D eigenvalue weighted by Crippen LogP contribution is 2.16. The van der Waals surface area contributed by atoms with Crippen molar-refractivity contribution in [2.45, 2.75) is 6.54 Å². The zero-order chi connectivity index (χ0) is 16.4. The molecule has 1 aromatic heterocycles. The summed E-state index contributed by atoms with van der Waals surface area (Å²) in [5, 5.41) is 4.25. The number of rotatable bonds is 3. The Hall–Kier alpha value is -2.59. The Bertz CT molecular complexity index is 930. The lowest BCUT2D eigenvalue weighted by Crippen LogP contribution is -2.26. The van der Waals surface area contributed by atoms with Gasteiger partial charge in [-0.05, 0) is 23.8 Å². The van der Waals surface area contributed by atoms with Crippen molar-refractivity contribution in [2.24, 2.45) is 7.05 Å². The number of benzene rings is 2. The van der Waals surface area contributed by atoms with Gasteiger partial charge in [0.2, 0.25) is 0 Å². The van der Waals surface area contributed by atoms with E-state index in [1.165, 1.54) is 10.6 Å². The van der Waals surface area contributed by atoms with Gasteiger partial charge in [0.1, 0.15) is 0 Å². The third kappa shape index (κ3) is 3.12. The minimum absolute atomic E-state index is 0.208. The van der Waals surface area contributed by atoms with Gasteiger partial charge in [-0.15, -0.1) is 0 Å². The van der Waals surface area contributed by atoms with Gasteiger partial charge in [-0.3, -0.25) is 9.59 Å². The summed E-state index contributed by atoms with van der Waals surface area (Å²) in [6.45, 7) is 0.375. The topological polar surface area (TPSA) is 51.1 Å². The van der Waals surface area contributed by atoms with E-state index in [1.54, 1.807) is 19.2 Å². The van der Waals surface area contributed by atoms with E-state index < -0.39 is 0 Å². The normalized spacial score (nSPS) is 10.7. The molecule has 0 atom stereocenters. The highest BCUT2D eigenvalue weighted by atomic mass is 35.5. The van der Waals surface area contributed by atoms with E-state index in [9.17, 15) is 9.59 Å². The molecule has 0 unspecified atom stereocenters. The third-order valence-corrected chi connectivity index (χ3v) is 4.02. The average Bonchev–Trinajstić information content (AvgIpc) is 2.57. The monoisotopic (exact) mass is 326 g/mol. The number of halogens is 1. The lowest BCUT2D eigenvalue weighted by atomic mass is 10.1. The Labute approximate surface area is 138 Å². The van der Waals surface area contributed by atoms with E-state index in [2.05, 4.69) is 5.32 Å². The maximum absolute atomic E-state index is 12.5. The van der Waals surface area contributed by atoms with Crippen LogP contribution in [-0.4, -0.2) is 10.5 Å². The van der Waals surface area contributed by atoms with Crippen molar-refractivity contribution in [1.29, 1.82) is 0 Å². The predicted molar refractivity (Wildman–Crippen MR) is 91.8 cm³/mol. The number of nitrogens with zero attached hydrogens (tertiary/aromatic N) is 1. The number of carbonyl (C=O) groups excluding carboxylic acids is 1. The van der Waals surface area contributed by atoms with Crippen LogP contribution in [0.2, 0.25) is 5.02 Å². The highest BCUT2D eigenvalue weighted by Gasteiger charge is 2.13. The molecule has 0 saturated heterocycles. The molecule has 0 radical (unpaired) electrons. The first-order valence-electron chi connectivity index (χ1n) is 7.17. The number of aromatic nitrogens is 1. The van der Waals surface area contributed by atoms with Crippen molar-refractivity contribution in [3.8, 4) is 0 Å². The van der Waals surface area contributed by atoms with E-state index in [0.29, 0.717) is 17.1 Å². The van der Waals surface area contributed by atoms with Crippen LogP contribution in [0.5, 0.6) is 0 Å². The molecule has 0 saturated carbocycles. The molecule has 2 aromatic carbocycles. The van der Waals surface area contributed by atoms with E-state index in [0.717, 1.165) is 16.5 Å². The second kappa shape index (κ2) is 6.26. The van der Waals surface area contributed by atoms with Gasteiger partial charge in [0.05, 0.1) is 11.1 Å². The van der Waals surface area contributed by atoms with Gasteiger partial charge in [-0.1, -0.05) is 41.9 Å². The van der Waals surface area contributed by atoms with Crippen LogP contribution >= 0.6 is 11.6 Å². The molecule has 0 aliphatic rings. The molecule has 0 aliphatic carbocycles. The minimum atomic E-state index is -0.270. The number of fused-ring (bicyclic) bond motifs is 1. The van der Waals surface area contributed by atoms with E-state index in [-0.39, 0.29) is 11.5 Å². The fourth-order valence-corrected chi connectivity index (χ4v) is 2.60. The number of nitrogens with one attached hydrogen (secondary N) is 1. The van der Waals surface area contributed by atoms with Gasteiger partial charge in [-0.2, -0.15) is 0 Å². The summed E-state index contributed by atoms with van der Waals surface area (Å²) in [5.74, 6) is -0.270. The molecule has 3 rings (SSSR count). The molecule has 0 fully saturated rings. The smallest absolute Gasteiger partial charge is 0.252 e. The molecule has 4 nitrogen and oxygen atoms in total. The number of hydrogen-bond acceptors (Lipinski definition) is 2. The Kier molecular flexibility index (Phi) is 4.17. The van der Waals surface area contributed by atoms with E-state index in [1.807, 2.05) is 36.4 Å². The molecule has 5 heteroatoms. The van der Waals surface area contributed by atoms with Crippen molar-refractivity contribution in [3.05, 3.63) is 81.1 Å². The molecule has 0 bridgehead atoms. The zero-order valence-corrected chi connectivity index (χ0v) is 13.3. The second-order valence-electron chi connectivity index (χ2n) is 5.28. The average molecular weight is 327 g/mol. The van der Waals surface area contributed by atoms with Crippen LogP contribution in [0.3, 0.4) is 0 Å². The number of pyridine rings is 1. The minimum Gasteiger partial charge on any atom is -0.348 e. The van der Waals surface area contributed by atoms with Crippen molar-refractivity contribution < 1.29 is 4.79 Å². The molecule has 0 aliphatic heterocycles. The molecule has 0 spiro atoms. The lowest BCUT2D eigenvalue weighted by Gasteiger charge is -2.10. The maximum atomic E-state index is 12.5. The van der Waals surface area contributed by atoms with E-state index in [4.69, 9.17) is 11.6 Å². The van der Waals surface area contributed by atoms with Crippen molar-refractivity contribution in [2.75, 3.05) is 0 Å².